The number of ether oxygens (including phenoxy) is 11. The fourth-order valence-electron chi connectivity index (χ4n) is 3.01. The van der Waals surface area contributed by atoms with Crippen molar-refractivity contribution in [3.8, 4) is 0 Å². The number of hydrogen-bond acceptors (Lipinski definition) is 12. The van der Waals surface area contributed by atoms with Gasteiger partial charge in [0, 0.05) is 6.61 Å². The topological polar surface area (TPSA) is 139 Å². The molecule has 0 aromatic rings. The fraction of sp³-hybridized carbons (Fsp3) is 0.964. The Labute approximate surface area is 265 Å². The monoisotopic (exact) mass is 726 g/mol. The van der Waals surface area contributed by atoms with Gasteiger partial charge in [-0.15, -0.1) is 0 Å². The Bertz CT molecular complexity index is 520. The number of hydrogen-bond donors (Lipinski definition) is 1. The second-order valence-corrected chi connectivity index (χ2v) is 9.75. The number of carbonyl (C=O) groups is 1. The lowest BCUT2D eigenvalue weighted by Crippen LogP contribution is -2.15. The van der Waals surface area contributed by atoms with Crippen LogP contribution in [-0.2, 0) is 56.9 Å². The van der Waals surface area contributed by atoms with Crippen molar-refractivity contribution in [3.05, 3.63) is 0 Å². The predicted octanol–water partition coefficient (Wildman–Crippen LogP) is 2.25. The Hall–Kier alpha value is -0.240. The van der Waals surface area contributed by atoms with Crippen molar-refractivity contribution in [1.29, 1.82) is 0 Å². The largest absolute Gasteiger partial charge is 0.480 e. The molecule has 0 spiro atoms. The lowest BCUT2D eigenvalue weighted by molar-refractivity contribution is -0.142. The van der Waals surface area contributed by atoms with E-state index in [2.05, 4.69) is 22.6 Å². The smallest absolute Gasteiger partial charge is 0.329 e. The van der Waals surface area contributed by atoms with Gasteiger partial charge >= 0.3 is 5.97 Å². The van der Waals surface area contributed by atoms with Crippen molar-refractivity contribution in [1.82, 2.24) is 0 Å². The lowest BCUT2D eigenvalue weighted by Gasteiger charge is -2.09. The SMILES string of the molecule is O=C(O)COCCOCCOCCOCCOCCOCCOCCOCCOCCOCCOCCCCCCI. The van der Waals surface area contributed by atoms with Crippen LogP contribution in [0.5, 0.6) is 0 Å². The molecule has 0 bridgehead atoms. The molecular formula is C28H55IO13. The zero-order valence-corrected chi connectivity index (χ0v) is 27.5. The van der Waals surface area contributed by atoms with Crippen LogP contribution in [0, 0.1) is 0 Å². The molecular weight excluding hydrogens is 671 g/mol. The van der Waals surface area contributed by atoms with E-state index < -0.39 is 5.97 Å². The Balaban J connectivity index is 3.03. The maximum atomic E-state index is 10.3. The molecule has 0 saturated carbocycles. The van der Waals surface area contributed by atoms with Crippen LogP contribution in [0.25, 0.3) is 0 Å². The van der Waals surface area contributed by atoms with Gasteiger partial charge in [0.2, 0.25) is 0 Å². The molecule has 0 aromatic carbocycles. The molecule has 0 amide bonds. The van der Waals surface area contributed by atoms with Gasteiger partial charge < -0.3 is 57.2 Å². The van der Waals surface area contributed by atoms with Gasteiger partial charge in [-0.05, 0) is 17.3 Å². The highest BCUT2D eigenvalue weighted by molar-refractivity contribution is 14.1. The summed E-state index contributed by atoms with van der Waals surface area (Å²) < 4.78 is 60.4. The molecule has 0 heterocycles. The highest BCUT2D eigenvalue weighted by Crippen LogP contribution is 2.02. The minimum Gasteiger partial charge on any atom is -0.480 e. The standard InChI is InChI=1S/C28H55IO13/c29-5-3-1-2-4-6-32-7-8-33-9-10-34-11-12-35-13-14-36-15-16-37-17-18-38-19-20-39-21-22-40-23-24-41-25-26-42-27-28(30)31/h1-27H2,(H,30,31). The van der Waals surface area contributed by atoms with E-state index >= 15 is 0 Å². The molecule has 0 unspecified atom stereocenters. The first kappa shape index (κ1) is 41.8. The zero-order valence-electron chi connectivity index (χ0n) is 25.3. The van der Waals surface area contributed by atoms with Crippen LogP contribution < -0.4 is 0 Å². The quantitative estimate of drug-likeness (QED) is 0.0566. The van der Waals surface area contributed by atoms with Crippen molar-refractivity contribution in [2.45, 2.75) is 25.7 Å². The summed E-state index contributed by atoms with van der Waals surface area (Å²) in [6.45, 7) is 10.3. The fourth-order valence-corrected chi connectivity index (χ4v) is 3.55. The molecule has 0 aliphatic heterocycles. The Morgan fingerprint density at radius 1 is 0.357 bits per heavy atom. The third-order valence-corrected chi connectivity index (χ3v) is 5.88. The summed E-state index contributed by atoms with van der Waals surface area (Å²) in [4.78, 5) is 10.3. The summed E-state index contributed by atoms with van der Waals surface area (Å²) in [5.41, 5.74) is 0. The van der Waals surface area contributed by atoms with Gasteiger partial charge in [-0.25, -0.2) is 4.79 Å². The highest BCUT2D eigenvalue weighted by atomic mass is 127. The molecule has 0 aromatic heterocycles. The first-order valence-corrected chi connectivity index (χ1v) is 16.4. The zero-order chi connectivity index (χ0) is 30.4. The van der Waals surface area contributed by atoms with E-state index in [-0.39, 0.29) is 13.2 Å². The predicted molar refractivity (Wildman–Crippen MR) is 164 cm³/mol. The number of alkyl halides is 1. The van der Waals surface area contributed by atoms with E-state index in [1.165, 1.54) is 23.7 Å². The summed E-state index contributed by atoms with van der Waals surface area (Å²) in [5, 5.41) is 8.42. The van der Waals surface area contributed by atoms with Gasteiger partial charge in [0.25, 0.3) is 0 Å². The molecule has 0 aliphatic rings. The Kier molecular flexibility index (Phi) is 38.6. The van der Waals surface area contributed by atoms with Gasteiger partial charge in [0.05, 0.1) is 132 Å². The number of halogens is 1. The molecule has 13 nitrogen and oxygen atoms in total. The maximum Gasteiger partial charge on any atom is 0.329 e. The van der Waals surface area contributed by atoms with Crippen molar-refractivity contribution in [3.63, 3.8) is 0 Å². The van der Waals surface area contributed by atoms with E-state index in [1.54, 1.807) is 0 Å². The molecule has 0 radical (unpaired) electrons. The van der Waals surface area contributed by atoms with E-state index in [0.717, 1.165) is 13.0 Å². The van der Waals surface area contributed by atoms with Crippen LogP contribution in [0.2, 0.25) is 0 Å². The van der Waals surface area contributed by atoms with E-state index in [4.69, 9.17) is 57.2 Å². The number of unbranched alkanes of at least 4 members (excludes halogenated alkanes) is 3. The second-order valence-electron chi connectivity index (χ2n) is 8.67. The summed E-state index contributed by atoms with van der Waals surface area (Å²) in [6.07, 6.45) is 4.96. The van der Waals surface area contributed by atoms with Crippen molar-refractivity contribution < 1.29 is 62.0 Å². The molecule has 14 heteroatoms. The summed E-state index contributed by atoms with van der Waals surface area (Å²) >= 11 is 2.42. The average Bonchev–Trinajstić information content (AvgIpc) is 2.98. The van der Waals surface area contributed by atoms with Crippen molar-refractivity contribution >= 4 is 28.6 Å². The van der Waals surface area contributed by atoms with Crippen LogP contribution in [-0.4, -0.2) is 161 Å². The third-order valence-electron chi connectivity index (χ3n) is 5.12. The molecule has 42 heavy (non-hydrogen) atoms. The highest BCUT2D eigenvalue weighted by Gasteiger charge is 1.98. The van der Waals surface area contributed by atoms with Crippen LogP contribution in [0.4, 0.5) is 0 Å². The molecule has 1 N–H and O–H groups in total. The number of aliphatic carboxylic acids is 1. The van der Waals surface area contributed by atoms with Crippen LogP contribution in [0.1, 0.15) is 25.7 Å². The van der Waals surface area contributed by atoms with E-state index in [0.29, 0.717) is 126 Å². The van der Waals surface area contributed by atoms with E-state index in [9.17, 15) is 4.79 Å². The number of carboxylic acids is 1. The average molecular weight is 727 g/mol. The first-order chi connectivity index (χ1) is 20.8. The van der Waals surface area contributed by atoms with Crippen molar-refractivity contribution in [2.75, 3.05) is 150 Å². The normalized spacial score (nSPS) is 11.5. The van der Waals surface area contributed by atoms with Gasteiger partial charge in [-0.2, -0.15) is 0 Å². The van der Waals surface area contributed by atoms with E-state index in [1.807, 2.05) is 0 Å². The first-order valence-electron chi connectivity index (χ1n) is 14.9. The summed E-state index contributed by atoms with van der Waals surface area (Å²) in [6, 6.07) is 0. The number of rotatable bonds is 38. The molecule has 0 rings (SSSR count). The van der Waals surface area contributed by atoms with Gasteiger partial charge in [0.1, 0.15) is 6.61 Å². The minimum atomic E-state index is -0.993. The van der Waals surface area contributed by atoms with Crippen LogP contribution in [0.3, 0.4) is 0 Å². The Morgan fingerprint density at radius 2 is 0.595 bits per heavy atom. The van der Waals surface area contributed by atoms with Gasteiger partial charge in [-0.3, -0.25) is 0 Å². The molecule has 0 saturated heterocycles. The van der Waals surface area contributed by atoms with Crippen LogP contribution >= 0.6 is 22.6 Å². The maximum absolute atomic E-state index is 10.3. The van der Waals surface area contributed by atoms with Crippen molar-refractivity contribution in [2.24, 2.45) is 0 Å². The van der Waals surface area contributed by atoms with Crippen LogP contribution in [0.15, 0.2) is 0 Å². The lowest BCUT2D eigenvalue weighted by atomic mass is 10.2. The summed E-state index contributed by atoms with van der Waals surface area (Å²) in [7, 11) is 0. The molecule has 252 valence electrons. The second kappa shape index (κ2) is 38.8. The summed E-state index contributed by atoms with van der Waals surface area (Å²) in [5.74, 6) is -0.993. The molecule has 0 fully saturated rings. The number of carboxylic acid groups (broad SMARTS) is 1. The van der Waals surface area contributed by atoms with Gasteiger partial charge in [0.15, 0.2) is 0 Å². The third kappa shape index (κ3) is 39.8. The van der Waals surface area contributed by atoms with Gasteiger partial charge in [-0.1, -0.05) is 35.4 Å². The minimum absolute atomic E-state index is 0.245. The molecule has 0 aliphatic carbocycles. The Morgan fingerprint density at radius 3 is 0.857 bits per heavy atom. The molecule has 0 atom stereocenters.